The van der Waals surface area contributed by atoms with Crippen molar-refractivity contribution in [3.05, 3.63) is 83.9 Å². The molecule has 1 aliphatic heterocycles. The van der Waals surface area contributed by atoms with Gasteiger partial charge in [0.25, 0.3) is 5.91 Å². The maximum Gasteiger partial charge on any atom is 0.330 e. The molecule has 2 aromatic rings. The lowest BCUT2D eigenvalue weighted by atomic mass is 9.96. The zero-order valence-corrected chi connectivity index (χ0v) is 14.6. The molecule has 1 heterocycles. The Labute approximate surface area is 152 Å². The van der Waals surface area contributed by atoms with Crippen LogP contribution in [-0.4, -0.2) is 36.0 Å². The number of methoxy groups -OCH3 is 1. The highest BCUT2D eigenvalue weighted by Crippen LogP contribution is 2.27. The summed E-state index contributed by atoms with van der Waals surface area (Å²) < 4.78 is 10.5. The van der Waals surface area contributed by atoms with E-state index >= 15 is 0 Å². The molecule has 5 heteroatoms. The Morgan fingerprint density at radius 2 is 1.65 bits per heavy atom. The minimum Gasteiger partial charge on any atom is -0.466 e. The van der Waals surface area contributed by atoms with E-state index in [2.05, 4.69) is 4.74 Å². The van der Waals surface area contributed by atoms with Crippen LogP contribution in [0.5, 0.6) is 0 Å². The molecule has 0 saturated carbocycles. The fourth-order valence-corrected chi connectivity index (χ4v) is 2.88. The number of β-lactam (4-membered cyclic amide) rings is 1. The topological polar surface area (TPSA) is 55.8 Å². The number of hydrogen-bond acceptors (Lipinski definition) is 4. The van der Waals surface area contributed by atoms with Gasteiger partial charge in [0.05, 0.1) is 19.8 Å². The fraction of sp³-hybridized carbons (Fsp3) is 0.238. The van der Waals surface area contributed by atoms with Crippen molar-refractivity contribution in [2.75, 3.05) is 7.11 Å². The third kappa shape index (κ3) is 4.18. The number of esters is 1. The molecule has 0 radical (unpaired) electrons. The van der Waals surface area contributed by atoms with E-state index < -0.39 is 12.1 Å². The molecule has 0 aromatic heterocycles. The largest absolute Gasteiger partial charge is 0.466 e. The van der Waals surface area contributed by atoms with E-state index in [9.17, 15) is 9.59 Å². The molecule has 0 spiro atoms. The summed E-state index contributed by atoms with van der Waals surface area (Å²) in [6.07, 6.45) is 2.42. The second-order valence-electron chi connectivity index (χ2n) is 6.04. The van der Waals surface area contributed by atoms with E-state index in [1.165, 1.54) is 13.2 Å². The molecule has 1 aliphatic rings. The van der Waals surface area contributed by atoms with Gasteiger partial charge in [-0.05, 0) is 11.1 Å². The van der Waals surface area contributed by atoms with Crippen LogP contribution in [-0.2, 0) is 32.2 Å². The van der Waals surface area contributed by atoms with Crippen LogP contribution in [0, 0.1) is 0 Å². The monoisotopic (exact) mass is 351 g/mol. The Morgan fingerprint density at radius 3 is 2.27 bits per heavy atom. The van der Waals surface area contributed by atoms with Crippen LogP contribution in [0.1, 0.15) is 11.1 Å². The van der Waals surface area contributed by atoms with Gasteiger partial charge in [0.1, 0.15) is 0 Å². The summed E-state index contributed by atoms with van der Waals surface area (Å²) in [4.78, 5) is 25.7. The van der Waals surface area contributed by atoms with Crippen molar-refractivity contribution in [3.8, 4) is 0 Å². The normalized spacial score (nSPS) is 19.4. The van der Waals surface area contributed by atoms with Crippen LogP contribution in [0.4, 0.5) is 0 Å². The third-order valence-electron chi connectivity index (χ3n) is 4.30. The van der Waals surface area contributed by atoms with E-state index in [1.54, 1.807) is 11.0 Å². The van der Waals surface area contributed by atoms with Crippen LogP contribution in [0.15, 0.2) is 72.8 Å². The SMILES string of the molecule is COC(=O)/C=C/[C@@H]1[C@H](OCc2ccccc2)C(=O)N1Cc1ccccc1. The lowest BCUT2D eigenvalue weighted by Crippen LogP contribution is -2.64. The average Bonchev–Trinajstić information content (AvgIpc) is 2.69. The number of benzene rings is 2. The van der Waals surface area contributed by atoms with Crippen LogP contribution in [0.3, 0.4) is 0 Å². The van der Waals surface area contributed by atoms with Gasteiger partial charge in [0.2, 0.25) is 0 Å². The fourth-order valence-electron chi connectivity index (χ4n) is 2.88. The number of ether oxygens (including phenoxy) is 2. The van der Waals surface area contributed by atoms with Crippen molar-refractivity contribution in [1.82, 2.24) is 4.90 Å². The Balaban J connectivity index is 1.69. The second kappa shape index (κ2) is 8.45. The van der Waals surface area contributed by atoms with Gasteiger partial charge in [-0.15, -0.1) is 0 Å². The zero-order chi connectivity index (χ0) is 18.4. The van der Waals surface area contributed by atoms with Crippen molar-refractivity contribution in [2.45, 2.75) is 25.3 Å². The first-order valence-corrected chi connectivity index (χ1v) is 8.45. The predicted molar refractivity (Wildman–Crippen MR) is 97.0 cm³/mol. The van der Waals surface area contributed by atoms with Gasteiger partial charge in [-0.25, -0.2) is 4.79 Å². The number of carbonyl (C=O) groups excluding carboxylic acids is 2. The lowest BCUT2D eigenvalue weighted by Gasteiger charge is -2.45. The third-order valence-corrected chi connectivity index (χ3v) is 4.30. The number of amides is 1. The molecule has 0 bridgehead atoms. The number of likely N-dealkylation sites (tertiary alicyclic amines) is 1. The van der Waals surface area contributed by atoms with Crippen molar-refractivity contribution in [3.63, 3.8) is 0 Å². The maximum atomic E-state index is 12.6. The number of hydrogen-bond donors (Lipinski definition) is 0. The summed E-state index contributed by atoms with van der Waals surface area (Å²) in [6, 6.07) is 19.1. The minimum absolute atomic E-state index is 0.0794. The van der Waals surface area contributed by atoms with E-state index in [4.69, 9.17) is 4.74 Å². The minimum atomic E-state index is -0.597. The molecule has 2 atom stereocenters. The Bertz CT molecular complexity index is 773. The number of carbonyl (C=O) groups is 2. The van der Waals surface area contributed by atoms with Gasteiger partial charge in [0.15, 0.2) is 6.10 Å². The molecular weight excluding hydrogens is 330 g/mol. The maximum absolute atomic E-state index is 12.6. The van der Waals surface area contributed by atoms with E-state index in [0.29, 0.717) is 13.2 Å². The number of nitrogens with zero attached hydrogens (tertiary/aromatic N) is 1. The molecule has 5 nitrogen and oxygen atoms in total. The van der Waals surface area contributed by atoms with Gasteiger partial charge in [-0.2, -0.15) is 0 Å². The van der Waals surface area contributed by atoms with Crippen molar-refractivity contribution in [1.29, 1.82) is 0 Å². The van der Waals surface area contributed by atoms with Gasteiger partial charge >= 0.3 is 5.97 Å². The lowest BCUT2D eigenvalue weighted by molar-refractivity contribution is -0.172. The molecule has 26 heavy (non-hydrogen) atoms. The Morgan fingerprint density at radius 1 is 1.04 bits per heavy atom. The van der Waals surface area contributed by atoms with Crippen LogP contribution in [0.2, 0.25) is 0 Å². The summed E-state index contributed by atoms with van der Waals surface area (Å²) in [5.41, 5.74) is 2.02. The van der Waals surface area contributed by atoms with Crippen LogP contribution in [0.25, 0.3) is 0 Å². The standard InChI is InChI=1S/C21H21NO4/c1-25-19(23)13-12-18-20(26-15-17-10-6-3-7-11-17)21(24)22(18)14-16-8-4-2-5-9-16/h2-13,18,20H,14-15H2,1H3/b13-12+/t18-,20+/m1/s1. The molecule has 1 fully saturated rings. The van der Waals surface area contributed by atoms with Crippen molar-refractivity contribution >= 4 is 11.9 Å². The van der Waals surface area contributed by atoms with Gasteiger partial charge < -0.3 is 14.4 Å². The van der Waals surface area contributed by atoms with Crippen molar-refractivity contribution < 1.29 is 19.1 Å². The second-order valence-corrected chi connectivity index (χ2v) is 6.04. The molecule has 134 valence electrons. The molecule has 0 N–H and O–H groups in total. The predicted octanol–water partition coefficient (Wildman–Crippen LogP) is 2.71. The first-order valence-electron chi connectivity index (χ1n) is 8.45. The molecule has 3 rings (SSSR count). The Hall–Kier alpha value is -2.92. The molecule has 0 aliphatic carbocycles. The first-order chi connectivity index (χ1) is 12.7. The smallest absolute Gasteiger partial charge is 0.330 e. The van der Waals surface area contributed by atoms with Crippen molar-refractivity contribution in [2.24, 2.45) is 0 Å². The summed E-state index contributed by atoms with van der Waals surface area (Å²) in [5.74, 6) is -0.532. The van der Waals surface area contributed by atoms with Crippen LogP contribution < -0.4 is 0 Å². The quantitative estimate of drug-likeness (QED) is 0.437. The summed E-state index contributed by atoms with van der Waals surface area (Å²) >= 11 is 0. The molecule has 1 saturated heterocycles. The number of rotatable bonds is 7. The van der Waals surface area contributed by atoms with Gasteiger partial charge in [0, 0.05) is 12.6 Å². The van der Waals surface area contributed by atoms with Gasteiger partial charge in [-0.3, -0.25) is 4.79 Å². The zero-order valence-electron chi connectivity index (χ0n) is 14.6. The first kappa shape index (κ1) is 17.9. The molecule has 0 unspecified atom stereocenters. The highest BCUT2D eigenvalue weighted by atomic mass is 16.5. The summed E-state index contributed by atoms with van der Waals surface area (Å²) in [7, 11) is 1.32. The van der Waals surface area contributed by atoms with E-state index in [1.807, 2.05) is 60.7 Å². The van der Waals surface area contributed by atoms with Crippen LogP contribution >= 0.6 is 0 Å². The summed E-state index contributed by atoms with van der Waals surface area (Å²) in [5, 5.41) is 0. The molecular formula is C21H21NO4. The summed E-state index contributed by atoms with van der Waals surface area (Å²) in [6.45, 7) is 0.819. The molecule has 1 amide bonds. The van der Waals surface area contributed by atoms with E-state index in [0.717, 1.165) is 11.1 Å². The van der Waals surface area contributed by atoms with E-state index in [-0.39, 0.29) is 11.9 Å². The average molecular weight is 351 g/mol. The van der Waals surface area contributed by atoms with Gasteiger partial charge in [-0.1, -0.05) is 66.7 Å². The highest BCUT2D eigenvalue weighted by Gasteiger charge is 2.46. The molecule has 2 aromatic carbocycles. The highest BCUT2D eigenvalue weighted by molar-refractivity contribution is 5.90. The Kier molecular flexibility index (Phi) is 5.81.